The Morgan fingerprint density at radius 1 is 1.57 bits per heavy atom. The van der Waals surface area contributed by atoms with Gasteiger partial charge in [-0.25, -0.2) is 4.98 Å². The molecule has 2 atom stereocenters. The first-order chi connectivity index (χ1) is 6.81. The van der Waals surface area contributed by atoms with Crippen LogP contribution >= 0.6 is 0 Å². The molecule has 0 spiro atoms. The first-order valence-corrected chi connectivity index (χ1v) is 5.43. The Bertz CT molecular complexity index is 294. The molecule has 0 aromatic carbocycles. The average Bonchev–Trinajstić information content (AvgIpc) is 2.77. The highest BCUT2D eigenvalue weighted by atomic mass is 15.3. The van der Waals surface area contributed by atoms with Crippen LogP contribution in [0.4, 0.5) is 0 Å². The number of rotatable bonds is 3. The van der Waals surface area contributed by atoms with Gasteiger partial charge in [-0.05, 0) is 25.7 Å². The zero-order valence-electron chi connectivity index (χ0n) is 8.69. The Kier molecular flexibility index (Phi) is 2.82. The number of nitrogens with two attached hydrogens (primary N) is 1. The van der Waals surface area contributed by atoms with E-state index in [4.69, 9.17) is 5.73 Å². The summed E-state index contributed by atoms with van der Waals surface area (Å²) in [5.74, 6) is 1.71. The first-order valence-electron chi connectivity index (χ1n) is 5.43. The third-order valence-corrected chi connectivity index (χ3v) is 3.16. The maximum absolute atomic E-state index is 6.03. The van der Waals surface area contributed by atoms with Gasteiger partial charge in [-0.1, -0.05) is 6.42 Å². The van der Waals surface area contributed by atoms with E-state index >= 15 is 0 Å². The molecule has 0 amide bonds. The standard InChI is InChI=1S/C10H18N4/c1-2-14-10(12-7-13-14)6-8-4-3-5-9(8)11/h7-9H,2-6,11H2,1H3. The zero-order chi connectivity index (χ0) is 9.97. The van der Waals surface area contributed by atoms with Gasteiger partial charge < -0.3 is 5.73 Å². The monoisotopic (exact) mass is 194 g/mol. The summed E-state index contributed by atoms with van der Waals surface area (Å²) in [7, 11) is 0. The molecule has 1 heterocycles. The smallest absolute Gasteiger partial charge is 0.138 e. The predicted octanol–water partition coefficient (Wildman–Crippen LogP) is 0.968. The van der Waals surface area contributed by atoms with Crippen LogP contribution < -0.4 is 5.73 Å². The van der Waals surface area contributed by atoms with Crippen LogP contribution in [0.3, 0.4) is 0 Å². The molecular formula is C10H18N4. The Balaban J connectivity index is 2.02. The maximum Gasteiger partial charge on any atom is 0.138 e. The summed E-state index contributed by atoms with van der Waals surface area (Å²) in [5, 5.41) is 4.17. The van der Waals surface area contributed by atoms with Gasteiger partial charge in [-0.15, -0.1) is 0 Å². The third kappa shape index (κ3) is 1.80. The van der Waals surface area contributed by atoms with Gasteiger partial charge >= 0.3 is 0 Å². The highest BCUT2D eigenvalue weighted by Crippen LogP contribution is 2.26. The van der Waals surface area contributed by atoms with E-state index in [0.717, 1.165) is 18.8 Å². The second-order valence-electron chi connectivity index (χ2n) is 4.05. The van der Waals surface area contributed by atoms with Crippen LogP contribution in [-0.4, -0.2) is 20.8 Å². The summed E-state index contributed by atoms with van der Waals surface area (Å²) < 4.78 is 1.96. The van der Waals surface area contributed by atoms with Gasteiger partial charge in [-0.3, -0.25) is 4.68 Å². The molecule has 78 valence electrons. The fraction of sp³-hybridized carbons (Fsp3) is 0.800. The Morgan fingerprint density at radius 2 is 2.43 bits per heavy atom. The van der Waals surface area contributed by atoms with Crippen molar-refractivity contribution in [1.82, 2.24) is 14.8 Å². The van der Waals surface area contributed by atoms with Crippen molar-refractivity contribution in [2.45, 2.75) is 45.2 Å². The van der Waals surface area contributed by atoms with E-state index in [-0.39, 0.29) is 0 Å². The van der Waals surface area contributed by atoms with Crippen LogP contribution in [0.25, 0.3) is 0 Å². The van der Waals surface area contributed by atoms with Crippen molar-refractivity contribution in [2.24, 2.45) is 11.7 Å². The Hall–Kier alpha value is -0.900. The molecule has 1 aliphatic rings. The minimum atomic E-state index is 0.372. The molecule has 2 N–H and O–H groups in total. The molecule has 0 bridgehead atoms. The van der Waals surface area contributed by atoms with E-state index in [1.54, 1.807) is 6.33 Å². The highest BCUT2D eigenvalue weighted by molar-refractivity contribution is 4.92. The molecule has 2 unspecified atom stereocenters. The summed E-state index contributed by atoms with van der Waals surface area (Å²) in [6.45, 7) is 2.99. The molecule has 14 heavy (non-hydrogen) atoms. The van der Waals surface area contributed by atoms with E-state index in [1.165, 1.54) is 19.3 Å². The van der Waals surface area contributed by atoms with Gasteiger partial charge in [0.1, 0.15) is 12.2 Å². The molecule has 1 fully saturated rings. The van der Waals surface area contributed by atoms with Gasteiger partial charge in [-0.2, -0.15) is 5.10 Å². The number of nitrogens with zero attached hydrogens (tertiary/aromatic N) is 3. The fourth-order valence-corrected chi connectivity index (χ4v) is 2.26. The van der Waals surface area contributed by atoms with Crippen molar-refractivity contribution < 1.29 is 0 Å². The van der Waals surface area contributed by atoms with Crippen LogP contribution in [0, 0.1) is 5.92 Å². The lowest BCUT2D eigenvalue weighted by atomic mass is 10.00. The van der Waals surface area contributed by atoms with Crippen LogP contribution in [0.15, 0.2) is 6.33 Å². The number of aromatic nitrogens is 3. The minimum Gasteiger partial charge on any atom is -0.327 e. The summed E-state index contributed by atoms with van der Waals surface area (Å²) in [4.78, 5) is 4.28. The number of hydrogen-bond donors (Lipinski definition) is 1. The first kappa shape index (κ1) is 9.65. The minimum absolute atomic E-state index is 0.372. The second-order valence-corrected chi connectivity index (χ2v) is 4.05. The lowest BCUT2D eigenvalue weighted by Crippen LogP contribution is -2.27. The zero-order valence-corrected chi connectivity index (χ0v) is 8.69. The normalized spacial score (nSPS) is 27.0. The molecule has 2 rings (SSSR count). The van der Waals surface area contributed by atoms with Gasteiger partial charge in [0.25, 0.3) is 0 Å². The fourth-order valence-electron chi connectivity index (χ4n) is 2.26. The van der Waals surface area contributed by atoms with Crippen molar-refractivity contribution in [2.75, 3.05) is 0 Å². The summed E-state index contributed by atoms with van der Waals surface area (Å²) in [6.07, 6.45) is 6.32. The van der Waals surface area contributed by atoms with Gasteiger partial charge in [0.15, 0.2) is 0 Å². The summed E-state index contributed by atoms with van der Waals surface area (Å²) >= 11 is 0. The lowest BCUT2D eigenvalue weighted by molar-refractivity contribution is 0.451. The van der Waals surface area contributed by atoms with Gasteiger partial charge in [0, 0.05) is 19.0 Å². The third-order valence-electron chi connectivity index (χ3n) is 3.16. The molecule has 1 saturated carbocycles. The second kappa shape index (κ2) is 4.09. The van der Waals surface area contributed by atoms with Crippen molar-refractivity contribution in [3.05, 3.63) is 12.2 Å². The van der Waals surface area contributed by atoms with Crippen LogP contribution in [0.1, 0.15) is 32.0 Å². The molecule has 1 aliphatic carbocycles. The largest absolute Gasteiger partial charge is 0.327 e. The van der Waals surface area contributed by atoms with E-state index in [1.807, 2.05) is 4.68 Å². The predicted molar refractivity (Wildman–Crippen MR) is 54.7 cm³/mol. The quantitative estimate of drug-likeness (QED) is 0.780. The molecule has 4 heteroatoms. The molecule has 0 saturated heterocycles. The van der Waals surface area contributed by atoms with Crippen molar-refractivity contribution in [3.8, 4) is 0 Å². The van der Waals surface area contributed by atoms with Gasteiger partial charge in [0.05, 0.1) is 0 Å². The Labute approximate surface area is 84.5 Å². The SMILES string of the molecule is CCn1ncnc1CC1CCCC1N. The van der Waals surface area contributed by atoms with Crippen LogP contribution in [-0.2, 0) is 13.0 Å². The maximum atomic E-state index is 6.03. The van der Waals surface area contributed by atoms with Crippen LogP contribution in [0.5, 0.6) is 0 Å². The molecule has 0 aliphatic heterocycles. The topological polar surface area (TPSA) is 56.7 Å². The number of hydrogen-bond acceptors (Lipinski definition) is 3. The number of aryl methyl sites for hydroxylation is 1. The van der Waals surface area contributed by atoms with Gasteiger partial charge in [0.2, 0.25) is 0 Å². The Morgan fingerprint density at radius 3 is 3.07 bits per heavy atom. The summed E-state index contributed by atoms with van der Waals surface area (Å²) in [5.41, 5.74) is 6.03. The van der Waals surface area contributed by atoms with E-state index < -0.39 is 0 Å². The lowest BCUT2D eigenvalue weighted by Gasteiger charge is -2.14. The summed E-state index contributed by atoms with van der Waals surface area (Å²) in [6, 6.07) is 0.372. The van der Waals surface area contributed by atoms with Crippen molar-refractivity contribution in [1.29, 1.82) is 0 Å². The molecule has 0 radical (unpaired) electrons. The van der Waals surface area contributed by atoms with Crippen molar-refractivity contribution >= 4 is 0 Å². The molecule has 4 nitrogen and oxygen atoms in total. The molecule has 1 aromatic heterocycles. The highest BCUT2D eigenvalue weighted by Gasteiger charge is 2.25. The van der Waals surface area contributed by atoms with Crippen LogP contribution in [0.2, 0.25) is 0 Å². The molecule has 1 aromatic rings. The van der Waals surface area contributed by atoms with E-state index in [2.05, 4.69) is 17.0 Å². The van der Waals surface area contributed by atoms with E-state index in [9.17, 15) is 0 Å². The average molecular weight is 194 g/mol. The van der Waals surface area contributed by atoms with Crippen molar-refractivity contribution in [3.63, 3.8) is 0 Å². The van der Waals surface area contributed by atoms with E-state index in [0.29, 0.717) is 12.0 Å². The molecular weight excluding hydrogens is 176 g/mol.